The summed E-state index contributed by atoms with van der Waals surface area (Å²) >= 11 is 11.9. The van der Waals surface area contributed by atoms with Gasteiger partial charge in [-0.15, -0.1) is 0 Å². The largest absolute Gasteiger partial charge is 0.352 e. The summed E-state index contributed by atoms with van der Waals surface area (Å²) in [7, 11) is 3.07. The Morgan fingerprint density at radius 1 is 1.08 bits per heavy atom. The number of methoxy groups -OCH3 is 2. The molecule has 13 heavy (non-hydrogen) atoms. The molecule has 0 bridgehead atoms. The third-order valence-electron chi connectivity index (χ3n) is 1.66. The summed E-state index contributed by atoms with van der Waals surface area (Å²) in [4.78, 5) is 0. The predicted octanol–water partition coefficient (Wildman–Crippen LogP) is 3.28. The average molecular weight is 221 g/mol. The normalized spacial score (nSPS) is 10.8. The van der Waals surface area contributed by atoms with Gasteiger partial charge < -0.3 is 9.47 Å². The first-order chi connectivity index (χ1) is 6.20. The van der Waals surface area contributed by atoms with E-state index in [1.807, 2.05) is 0 Å². The first-order valence-electron chi connectivity index (χ1n) is 3.70. The maximum Gasteiger partial charge on any atom is 0.186 e. The maximum atomic E-state index is 5.94. The number of hydrogen-bond donors (Lipinski definition) is 0. The fourth-order valence-corrected chi connectivity index (χ4v) is 1.64. The number of benzene rings is 1. The van der Waals surface area contributed by atoms with Crippen molar-refractivity contribution in [2.75, 3.05) is 14.2 Å². The molecule has 1 aromatic rings. The third-order valence-corrected chi connectivity index (χ3v) is 2.32. The van der Waals surface area contributed by atoms with Gasteiger partial charge in [0.1, 0.15) is 0 Å². The van der Waals surface area contributed by atoms with Crippen LogP contribution in [0.3, 0.4) is 0 Å². The van der Waals surface area contributed by atoms with Gasteiger partial charge in [-0.25, -0.2) is 0 Å². The van der Waals surface area contributed by atoms with Gasteiger partial charge >= 0.3 is 0 Å². The van der Waals surface area contributed by atoms with Crippen LogP contribution >= 0.6 is 23.2 Å². The van der Waals surface area contributed by atoms with Gasteiger partial charge in [-0.2, -0.15) is 0 Å². The predicted molar refractivity (Wildman–Crippen MR) is 53.2 cm³/mol. The lowest BCUT2D eigenvalue weighted by Gasteiger charge is -2.16. The molecule has 0 aliphatic rings. The molecule has 0 heterocycles. The van der Waals surface area contributed by atoms with Crippen molar-refractivity contribution < 1.29 is 9.47 Å². The van der Waals surface area contributed by atoms with Crippen LogP contribution in [0.4, 0.5) is 0 Å². The molecule has 2 nitrogen and oxygen atoms in total. The van der Waals surface area contributed by atoms with Gasteiger partial charge in [0, 0.05) is 19.8 Å². The second-order valence-electron chi connectivity index (χ2n) is 2.44. The number of hydrogen-bond acceptors (Lipinski definition) is 2. The van der Waals surface area contributed by atoms with E-state index >= 15 is 0 Å². The molecular formula is C9H10Cl2O2. The van der Waals surface area contributed by atoms with Crippen molar-refractivity contribution in [2.45, 2.75) is 6.29 Å². The second-order valence-corrected chi connectivity index (χ2v) is 3.25. The topological polar surface area (TPSA) is 18.5 Å². The Kier molecular flexibility index (Phi) is 4.00. The molecule has 0 saturated carbocycles. The van der Waals surface area contributed by atoms with Crippen LogP contribution in [0.15, 0.2) is 18.2 Å². The van der Waals surface area contributed by atoms with Gasteiger partial charge in [-0.3, -0.25) is 0 Å². The highest BCUT2D eigenvalue weighted by Gasteiger charge is 2.16. The lowest BCUT2D eigenvalue weighted by atomic mass is 10.2. The van der Waals surface area contributed by atoms with Crippen LogP contribution in [0.1, 0.15) is 11.9 Å². The fraction of sp³-hybridized carbons (Fsp3) is 0.333. The Balaban J connectivity index is 3.10. The zero-order valence-corrected chi connectivity index (χ0v) is 8.89. The fourth-order valence-electron chi connectivity index (χ4n) is 1.07. The van der Waals surface area contributed by atoms with Gasteiger partial charge in [0.05, 0.1) is 10.0 Å². The molecule has 0 N–H and O–H groups in total. The minimum atomic E-state index is -0.513. The van der Waals surface area contributed by atoms with Crippen LogP contribution in [0.2, 0.25) is 10.0 Å². The molecule has 0 amide bonds. The van der Waals surface area contributed by atoms with Crippen LogP contribution < -0.4 is 0 Å². The van der Waals surface area contributed by atoms with Crippen molar-refractivity contribution in [1.29, 1.82) is 0 Å². The van der Waals surface area contributed by atoms with E-state index < -0.39 is 6.29 Å². The Hall–Kier alpha value is -0.280. The Morgan fingerprint density at radius 2 is 1.54 bits per heavy atom. The van der Waals surface area contributed by atoms with Gasteiger partial charge in [-0.05, 0) is 12.1 Å². The molecule has 0 fully saturated rings. The number of halogens is 2. The van der Waals surface area contributed by atoms with E-state index in [0.29, 0.717) is 15.6 Å². The molecule has 0 spiro atoms. The maximum absolute atomic E-state index is 5.94. The van der Waals surface area contributed by atoms with E-state index in [1.165, 1.54) is 14.2 Å². The summed E-state index contributed by atoms with van der Waals surface area (Å²) in [6.45, 7) is 0. The third kappa shape index (κ3) is 2.35. The van der Waals surface area contributed by atoms with Crippen LogP contribution in [-0.2, 0) is 9.47 Å². The number of ether oxygens (including phenoxy) is 2. The zero-order chi connectivity index (χ0) is 9.84. The van der Waals surface area contributed by atoms with E-state index in [2.05, 4.69) is 0 Å². The molecule has 0 saturated heterocycles. The van der Waals surface area contributed by atoms with E-state index in [1.54, 1.807) is 18.2 Å². The van der Waals surface area contributed by atoms with E-state index in [-0.39, 0.29) is 0 Å². The van der Waals surface area contributed by atoms with Gasteiger partial charge in [0.25, 0.3) is 0 Å². The quantitative estimate of drug-likeness (QED) is 0.729. The Labute approximate surface area is 87.4 Å². The highest BCUT2D eigenvalue weighted by Crippen LogP contribution is 2.31. The summed E-state index contributed by atoms with van der Waals surface area (Å²) in [5, 5.41) is 1.09. The first-order valence-corrected chi connectivity index (χ1v) is 4.45. The SMILES string of the molecule is COC(OC)c1c(Cl)cccc1Cl. The van der Waals surface area contributed by atoms with Crippen molar-refractivity contribution in [1.82, 2.24) is 0 Å². The molecule has 0 aliphatic heterocycles. The summed E-state index contributed by atoms with van der Waals surface area (Å²) in [6, 6.07) is 5.26. The Bertz CT molecular complexity index is 265. The number of rotatable bonds is 3. The molecule has 72 valence electrons. The summed E-state index contributed by atoms with van der Waals surface area (Å²) in [6.07, 6.45) is -0.513. The first kappa shape index (κ1) is 10.8. The molecule has 0 aliphatic carbocycles. The smallest absolute Gasteiger partial charge is 0.186 e. The lowest BCUT2D eigenvalue weighted by molar-refractivity contribution is -0.105. The minimum absolute atomic E-state index is 0.513. The van der Waals surface area contributed by atoms with Gasteiger partial charge in [0.2, 0.25) is 0 Å². The Morgan fingerprint density at radius 3 is 1.92 bits per heavy atom. The molecule has 0 atom stereocenters. The summed E-state index contributed by atoms with van der Waals surface area (Å²) in [5.41, 5.74) is 0.663. The van der Waals surface area contributed by atoms with E-state index in [4.69, 9.17) is 32.7 Å². The van der Waals surface area contributed by atoms with E-state index in [0.717, 1.165) is 0 Å². The van der Waals surface area contributed by atoms with Crippen LogP contribution in [-0.4, -0.2) is 14.2 Å². The average Bonchev–Trinajstić information content (AvgIpc) is 2.11. The molecule has 0 aromatic heterocycles. The van der Waals surface area contributed by atoms with Crippen molar-refractivity contribution in [3.8, 4) is 0 Å². The summed E-state index contributed by atoms with van der Waals surface area (Å²) < 4.78 is 10.1. The van der Waals surface area contributed by atoms with Gasteiger partial charge in [-0.1, -0.05) is 29.3 Å². The van der Waals surface area contributed by atoms with Crippen molar-refractivity contribution in [3.63, 3.8) is 0 Å². The van der Waals surface area contributed by atoms with Crippen molar-refractivity contribution in [3.05, 3.63) is 33.8 Å². The van der Waals surface area contributed by atoms with Crippen molar-refractivity contribution in [2.24, 2.45) is 0 Å². The molecule has 1 rings (SSSR count). The highest BCUT2D eigenvalue weighted by atomic mass is 35.5. The second kappa shape index (κ2) is 4.82. The summed E-state index contributed by atoms with van der Waals surface area (Å²) in [5.74, 6) is 0. The van der Waals surface area contributed by atoms with Crippen LogP contribution in [0.25, 0.3) is 0 Å². The molecule has 0 unspecified atom stereocenters. The standard InChI is InChI=1S/C9H10Cl2O2/c1-12-9(13-2)8-6(10)4-3-5-7(8)11/h3-5,9H,1-2H3. The van der Waals surface area contributed by atoms with Gasteiger partial charge in [0.15, 0.2) is 6.29 Å². The van der Waals surface area contributed by atoms with Crippen LogP contribution in [0, 0.1) is 0 Å². The van der Waals surface area contributed by atoms with Crippen molar-refractivity contribution >= 4 is 23.2 Å². The van der Waals surface area contributed by atoms with Crippen LogP contribution in [0.5, 0.6) is 0 Å². The highest BCUT2D eigenvalue weighted by molar-refractivity contribution is 6.36. The molecule has 1 aromatic carbocycles. The monoisotopic (exact) mass is 220 g/mol. The minimum Gasteiger partial charge on any atom is -0.352 e. The molecule has 0 radical (unpaired) electrons. The van der Waals surface area contributed by atoms with E-state index in [9.17, 15) is 0 Å². The lowest BCUT2D eigenvalue weighted by Crippen LogP contribution is -2.04. The molecular weight excluding hydrogens is 211 g/mol. The molecule has 4 heteroatoms. The zero-order valence-electron chi connectivity index (χ0n) is 7.38.